The molecule has 0 aliphatic heterocycles. The SMILES string of the molecule is C[C@H](C[C@@H](Cc1ccc(-c2ccccc2)cc1)NC(=O)C1CCC[C@@H]1C(=O)O)C(=O)O. The van der Waals surface area contributed by atoms with E-state index in [-0.39, 0.29) is 18.4 Å². The molecule has 4 atom stereocenters. The van der Waals surface area contributed by atoms with E-state index >= 15 is 0 Å². The zero-order valence-corrected chi connectivity index (χ0v) is 17.7. The van der Waals surface area contributed by atoms with Crippen molar-refractivity contribution in [2.45, 2.75) is 45.1 Å². The summed E-state index contributed by atoms with van der Waals surface area (Å²) in [6.07, 6.45) is 2.54. The minimum absolute atomic E-state index is 0.284. The van der Waals surface area contributed by atoms with Crippen molar-refractivity contribution >= 4 is 17.8 Å². The predicted molar refractivity (Wildman–Crippen MR) is 117 cm³/mol. The second kappa shape index (κ2) is 10.2. The van der Waals surface area contributed by atoms with Crippen LogP contribution in [-0.4, -0.2) is 34.1 Å². The molecule has 3 rings (SSSR count). The Kier molecular flexibility index (Phi) is 7.45. The van der Waals surface area contributed by atoms with E-state index in [1.54, 1.807) is 6.92 Å². The highest BCUT2D eigenvalue weighted by molar-refractivity contribution is 5.85. The van der Waals surface area contributed by atoms with Crippen LogP contribution in [0, 0.1) is 17.8 Å². The van der Waals surface area contributed by atoms with Crippen LogP contribution >= 0.6 is 0 Å². The van der Waals surface area contributed by atoms with Crippen molar-refractivity contribution in [3.63, 3.8) is 0 Å². The highest BCUT2D eigenvalue weighted by Gasteiger charge is 2.38. The number of carboxylic acid groups (broad SMARTS) is 2. The first-order chi connectivity index (χ1) is 14.8. The predicted octanol–water partition coefficient (Wildman–Crippen LogP) is 3.99. The first kappa shape index (κ1) is 22.5. The van der Waals surface area contributed by atoms with Gasteiger partial charge in [0.15, 0.2) is 0 Å². The molecule has 0 aromatic heterocycles. The summed E-state index contributed by atoms with van der Waals surface area (Å²) in [6, 6.07) is 17.6. The second-order valence-electron chi connectivity index (χ2n) is 8.43. The lowest BCUT2D eigenvalue weighted by Gasteiger charge is -2.24. The molecule has 1 aliphatic rings. The van der Waals surface area contributed by atoms with Gasteiger partial charge in [0.05, 0.1) is 17.8 Å². The summed E-state index contributed by atoms with van der Waals surface area (Å²) in [5.41, 5.74) is 3.18. The Bertz CT molecular complexity index is 909. The third-order valence-electron chi connectivity index (χ3n) is 6.12. The standard InChI is InChI=1S/C25H29NO5/c1-16(24(28)29)14-20(26-23(27)21-8-5-9-22(21)25(30)31)15-17-10-12-19(13-11-17)18-6-3-2-4-7-18/h2-4,6-7,10-13,16,20-22H,5,8-9,14-15H2,1H3,(H,26,27)(H,28,29)(H,30,31)/t16-,20+,21?,22+/m1/s1. The Morgan fingerprint density at radius 2 is 1.55 bits per heavy atom. The minimum Gasteiger partial charge on any atom is -0.481 e. The van der Waals surface area contributed by atoms with Gasteiger partial charge < -0.3 is 15.5 Å². The van der Waals surface area contributed by atoms with E-state index in [9.17, 15) is 24.6 Å². The molecule has 0 heterocycles. The van der Waals surface area contributed by atoms with Gasteiger partial charge >= 0.3 is 11.9 Å². The van der Waals surface area contributed by atoms with Gasteiger partial charge in [-0.05, 0) is 42.4 Å². The van der Waals surface area contributed by atoms with Crippen LogP contribution in [0.2, 0.25) is 0 Å². The maximum Gasteiger partial charge on any atom is 0.307 e. The molecule has 31 heavy (non-hydrogen) atoms. The molecule has 1 saturated carbocycles. The molecule has 6 nitrogen and oxygen atoms in total. The fraction of sp³-hybridized carbons (Fsp3) is 0.400. The number of amides is 1. The number of nitrogens with one attached hydrogen (secondary N) is 1. The summed E-state index contributed by atoms with van der Waals surface area (Å²) in [5.74, 6) is -3.98. The van der Waals surface area contributed by atoms with E-state index in [2.05, 4.69) is 5.32 Å². The second-order valence-corrected chi connectivity index (χ2v) is 8.43. The third-order valence-corrected chi connectivity index (χ3v) is 6.12. The van der Waals surface area contributed by atoms with Gasteiger partial charge in [-0.3, -0.25) is 14.4 Å². The summed E-state index contributed by atoms with van der Waals surface area (Å²) >= 11 is 0. The maximum atomic E-state index is 12.8. The number of benzene rings is 2. The van der Waals surface area contributed by atoms with E-state index in [0.717, 1.165) is 16.7 Å². The van der Waals surface area contributed by atoms with E-state index in [1.807, 2.05) is 54.6 Å². The average Bonchev–Trinajstić information content (AvgIpc) is 3.25. The van der Waals surface area contributed by atoms with Crippen LogP contribution in [0.4, 0.5) is 0 Å². The van der Waals surface area contributed by atoms with Crippen molar-refractivity contribution < 1.29 is 24.6 Å². The Balaban J connectivity index is 1.72. The fourth-order valence-electron chi connectivity index (χ4n) is 4.35. The molecule has 0 spiro atoms. The molecule has 0 saturated heterocycles. The van der Waals surface area contributed by atoms with Crippen molar-refractivity contribution in [2.24, 2.45) is 17.8 Å². The molecule has 164 valence electrons. The van der Waals surface area contributed by atoms with Gasteiger partial charge in [0.1, 0.15) is 0 Å². The molecule has 1 unspecified atom stereocenters. The summed E-state index contributed by atoms with van der Waals surface area (Å²) in [5, 5.41) is 21.7. The minimum atomic E-state index is -0.940. The first-order valence-corrected chi connectivity index (χ1v) is 10.8. The summed E-state index contributed by atoms with van der Waals surface area (Å²) < 4.78 is 0. The van der Waals surface area contributed by atoms with Crippen LogP contribution in [0.5, 0.6) is 0 Å². The van der Waals surface area contributed by atoms with E-state index in [1.165, 1.54) is 0 Å². The first-order valence-electron chi connectivity index (χ1n) is 10.8. The van der Waals surface area contributed by atoms with Crippen LogP contribution in [-0.2, 0) is 20.8 Å². The van der Waals surface area contributed by atoms with Gasteiger partial charge in [0.25, 0.3) is 0 Å². The highest BCUT2D eigenvalue weighted by Crippen LogP contribution is 2.32. The lowest BCUT2D eigenvalue weighted by molar-refractivity contribution is -0.146. The molecule has 0 radical (unpaired) electrons. The smallest absolute Gasteiger partial charge is 0.307 e. The zero-order valence-electron chi connectivity index (χ0n) is 17.7. The summed E-state index contributed by atoms with van der Waals surface area (Å²) in [4.78, 5) is 35.7. The molecule has 2 aromatic carbocycles. The molecule has 3 N–H and O–H groups in total. The molecule has 0 bridgehead atoms. The number of carboxylic acids is 2. The number of carbonyl (C=O) groups is 3. The van der Waals surface area contributed by atoms with Crippen LogP contribution in [0.3, 0.4) is 0 Å². The van der Waals surface area contributed by atoms with Gasteiger partial charge in [-0.1, -0.05) is 67.9 Å². The summed E-state index contributed by atoms with van der Waals surface area (Å²) in [7, 11) is 0. The molecular weight excluding hydrogens is 394 g/mol. The lowest BCUT2D eigenvalue weighted by atomic mass is 9.92. The van der Waals surface area contributed by atoms with Crippen molar-refractivity contribution in [1.82, 2.24) is 5.32 Å². The number of aliphatic carboxylic acids is 2. The Morgan fingerprint density at radius 3 is 2.16 bits per heavy atom. The lowest BCUT2D eigenvalue weighted by Crippen LogP contribution is -2.43. The fourth-order valence-corrected chi connectivity index (χ4v) is 4.35. The van der Waals surface area contributed by atoms with E-state index < -0.39 is 29.7 Å². The number of hydrogen-bond acceptors (Lipinski definition) is 3. The topological polar surface area (TPSA) is 104 Å². The van der Waals surface area contributed by atoms with Crippen molar-refractivity contribution in [2.75, 3.05) is 0 Å². The van der Waals surface area contributed by atoms with Crippen LogP contribution in [0.25, 0.3) is 11.1 Å². The molecule has 1 amide bonds. The molecule has 6 heteroatoms. The third kappa shape index (κ3) is 5.94. The molecule has 2 aromatic rings. The van der Waals surface area contributed by atoms with E-state index in [0.29, 0.717) is 25.7 Å². The maximum absolute atomic E-state index is 12.8. The molecular formula is C25H29NO5. The van der Waals surface area contributed by atoms with Gasteiger partial charge in [-0.25, -0.2) is 0 Å². The largest absolute Gasteiger partial charge is 0.481 e. The van der Waals surface area contributed by atoms with Crippen LogP contribution in [0.1, 0.15) is 38.2 Å². The summed E-state index contributed by atoms with van der Waals surface area (Å²) in [6.45, 7) is 1.62. The van der Waals surface area contributed by atoms with Crippen molar-refractivity contribution in [3.8, 4) is 11.1 Å². The number of rotatable bonds is 9. The monoisotopic (exact) mass is 423 g/mol. The van der Waals surface area contributed by atoms with Gasteiger partial charge in [-0.15, -0.1) is 0 Å². The normalized spacial score (nSPS) is 20.0. The van der Waals surface area contributed by atoms with E-state index in [4.69, 9.17) is 0 Å². The molecule has 1 fully saturated rings. The van der Waals surface area contributed by atoms with Crippen molar-refractivity contribution in [3.05, 3.63) is 60.2 Å². The Hall–Kier alpha value is -3.15. The number of carbonyl (C=O) groups excluding carboxylic acids is 1. The van der Waals surface area contributed by atoms with Crippen LogP contribution in [0.15, 0.2) is 54.6 Å². The average molecular weight is 424 g/mol. The number of hydrogen-bond donors (Lipinski definition) is 3. The highest BCUT2D eigenvalue weighted by atomic mass is 16.4. The van der Waals surface area contributed by atoms with Gasteiger partial charge in [0, 0.05) is 6.04 Å². The quantitative estimate of drug-likeness (QED) is 0.566. The Labute approximate surface area is 182 Å². The van der Waals surface area contributed by atoms with Gasteiger partial charge in [0.2, 0.25) is 5.91 Å². The Morgan fingerprint density at radius 1 is 0.935 bits per heavy atom. The zero-order chi connectivity index (χ0) is 22.4. The van der Waals surface area contributed by atoms with Crippen LogP contribution < -0.4 is 5.32 Å². The molecule has 1 aliphatic carbocycles. The van der Waals surface area contributed by atoms with Gasteiger partial charge in [-0.2, -0.15) is 0 Å². The van der Waals surface area contributed by atoms with Crippen molar-refractivity contribution in [1.29, 1.82) is 0 Å².